The third-order valence-electron chi connectivity index (χ3n) is 15.3. The number of likely N-dealkylation sites (N-methyl/N-ethyl adjacent to an activating group) is 1. The molecule has 9 nitrogen and oxygen atoms in total. The number of hydrogen-bond acceptors (Lipinski definition) is 7. The normalized spacial score (nSPS) is 13.8. The Labute approximate surface area is 485 Å². The fourth-order valence-electron chi connectivity index (χ4n) is 10.1. The van der Waals surface area contributed by atoms with Gasteiger partial charge in [0.25, 0.3) is 7.82 Å². The van der Waals surface area contributed by atoms with Gasteiger partial charge in [-0.05, 0) is 63.9 Å². The smallest absolute Gasteiger partial charge is 0.306 e. The fraction of sp³-hybridized carbons (Fsp3) is 0.882. The van der Waals surface area contributed by atoms with Gasteiger partial charge in [0.1, 0.15) is 19.3 Å². The van der Waals surface area contributed by atoms with Crippen LogP contribution in [0.5, 0.6) is 0 Å². The van der Waals surface area contributed by atoms with Crippen molar-refractivity contribution in [2.75, 3.05) is 40.9 Å². The molecule has 0 aromatic rings. The van der Waals surface area contributed by atoms with Crippen molar-refractivity contribution in [2.45, 2.75) is 348 Å². The van der Waals surface area contributed by atoms with Crippen LogP contribution in [0.3, 0.4) is 0 Å². The highest BCUT2D eigenvalue weighted by Crippen LogP contribution is 2.38. The Kier molecular flexibility index (Phi) is 57.1. The number of ether oxygens (including phenoxy) is 1. The molecule has 0 saturated heterocycles. The highest BCUT2D eigenvalue weighted by atomic mass is 31.2. The highest BCUT2D eigenvalue weighted by molar-refractivity contribution is 7.45. The molecule has 0 aliphatic heterocycles. The summed E-state index contributed by atoms with van der Waals surface area (Å²) in [4.78, 5) is 40.0. The van der Waals surface area contributed by atoms with Gasteiger partial charge in [0.15, 0.2) is 0 Å². The second-order valence-electron chi connectivity index (χ2n) is 24.3. The lowest BCUT2D eigenvalue weighted by atomic mass is 10.0. The van der Waals surface area contributed by atoms with E-state index in [0.29, 0.717) is 17.4 Å². The minimum atomic E-state index is -4.69. The Bertz CT molecular complexity index is 1430. The van der Waals surface area contributed by atoms with Crippen LogP contribution in [0, 0.1) is 0 Å². The topological polar surface area (TPSA) is 114 Å². The number of esters is 1. The van der Waals surface area contributed by atoms with Crippen molar-refractivity contribution in [2.24, 2.45) is 0 Å². The number of phosphoric acid groups is 1. The molecule has 0 bridgehead atoms. The molecule has 0 radical (unpaired) electrons. The number of nitrogens with zero attached hydrogens (tertiary/aromatic N) is 1. The van der Waals surface area contributed by atoms with Gasteiger partial charge in [-0.15, -0.1) is 0 Å². The van der Waals surface area contributed by atoms with Gasteiger partial charge in [-0.2, -0.15) is 0 Å². The van der Waals surface area contributed by atoms with Gasteiger partial charge in [-0.3, -0.25) is 14.2 Å². The molecule has 0 aromatic carbocycles. The molecule has 0 saturated carbocycles. The molecule has 1 amide bonds. The second kappa shape index (κ2) is 58.4. The zero-order chi connectivity index (χ0) is 57.2. The van der Waals surface area contributed by atoms with Crippen LogP contribution in [0.1, 0.15) is 335 Å². The van der Waals surface area contributed by atoms with Crippen LogP contribution < -0.4 is 10.2 Å². The molecule has 0 spiro atoms. The minimum absolute atomic E-state index is 0.0189. The zero-order valence-corrected chi connectivity index (χ0v) is 53.5. The van der Waals surface area contributed by atoms with Gasteiger partial charge < -0.3 is 28.5 Å². The first kappa shape index (κ1) is 76.2. The third-order valence-corrected chi connectivity index (χ3v) is 16.3. The molecule has 460 valence electrons. The van der Waals surface area contributed by atoms with E-state index in [1.807, 2.05) is 33.3 Å². The summed E-state index contributed by atoms with van der Waals surface area (Å²) in [5.74, 6) is -0.524. The molecule has 78 heavy (non-hydrogen) atoms. The summed E-state index contributed by atoms with van der Waals surface area (Å²) in [6.07, 6.45) is 71.2. The fourth-order valence-corrected chi connectivity index (χ4v) is 10.8. The van der Waals surface area contributed by atoms with E-state index in [0.717, 1.165) is 64.2 Å². The molecule has 0 aliphatic carbocycles. The monoisotopic (exact) mass is 1120 g/mol. The second-order valence-corrected chi connectivity index (χ2v) is 25.7. The van der Waals surface area contributed by atoms with Gasteiger partial charge >= 0.3 is 5.97 Å². The van der Waals surface area contributed by atoms with E-state index >= 15 is 0 Å². The highest BCUT2D eigenvalue weighted by Gasteiger charge is 2.27. The van der Waals surface area contributed by atoms with Gasteiger partial charge in [-0.25, -0.2) is 0 Å². The van der Waals surface area contributed by atoms with Crippen LogP contribution >= 0.6 is 7.82 Å². The maximum absolute atomic E-state index is 13.6. The predicted octanol–water partition coefficient (Wildman–Crippen LogP) is 20.4. The molecule has 0 rings (SSSR count). The number of carbonyl (C=O) groups excluding carboxylic acids is 2. The van der Waals surface area contributed by atoms with Gasteiger partial charge in [0.2, 0.25) is 5.91 Å². The Morgan fingerprint density at radius 3 is 1.18 bits per heavy atom. The maximum Gasteiger partial charge on any atom is 0.306 e. The molecule has 10 heteroatoms. The van der Waals surface area contributed by atoms with Crippen molar-refractivity contribution in [1.29, 1.82) is 0 Å². The first-order valence-corrected chi connectivity index (χ1v) is 35.3. The molecule has 1 N–H and O–H groups in total. The molecule has 3 atom stereocenters. The van der Waals surface area contributed by atoms with E-state index in [4.69, 9.17) is 13.8 Å². The number of allylic oxidation sites excluding steroid dienone is 5. The van der Waals surface area contributed by atoms with Crippen LogP contribution in [-0.4, -0.2) is 69.4 Å². The summed E-state index contributed by atoms with van der Waals surface area (Å²) in [5, 5.41) is 3.04. The van der Waals surface area contributed by atoms with Gasteiger partial charge in [0, 0.05) is 12.8 Å². The number of carbonyl (C=O) groups is 2. The molecule has 0 heterocycles. The number of quaternary nitrogens is 1. The van der Waals surface area contributed by atoms with Crippen LogP contribution in [0.25, 0.3) is 0 Å². The Hall–Kier alpha value is -1.77. The quantitative estimate of drug-likeness (QED) is 0.0212. The number of amides is 1. The molecule has 0 fully saturated rings. The SMILES string of the molecule is CCCCC/C=C\C/C=C\CCCCCCCCCCCCCCCCCCCC(=O)NC(COP(=O)([O-])OCC[N+](C)(C)C)C(/C=C\CCCCCCCCCCC)OC(=O)CCCCCCCCCCCCCCCC. The lowest BCUT2D eigenvalue weighted by Crippen LogP contribution is -2.47. The van der Waals surface area contributed by atoms with Crippen molar-refractivity contribution in [3.8, 4) is 0 Å². The lowest BCUT2D eigenvalue weighted by Gasteiger charge is -2.30. The van der Waals surface area contributed by atoms with Crippen molar-refractivity contribution in [3.05, 3.63) is 36.5 Å². The molecule has 0 aromatic heterocycles. The van der Waals surface area contributed by atoms with Crippen molar-refractivity contribution in [3.63, 3.8) is 0 Å². The number of rotatable bonds is 62. The van der Waals surface area contributed by atoms with Crippen LogP contribution in [0.4, 0.5) is 0 Å². The molecular formula is C68H131N2O7P. The van der Waals surface area contributed by atoms with Gasteiger partial charge in [0.05, 0.1) is 33.8 Å². The third kappa shape index (κ3) is 58.9. The Morgan fingerprint density at radius 2 is 0.782 bits per heavy atom. The van der Waals surface area contributed by atoms with E-state index in [-0.39, 0.29) is 31.5 Å². The maximum atomic E-state index is 13.6. The number of unbranched alkanes of at least 4 members (excludes halogenated alkanes) is 42. The van der Waals surface area contributed by atoms with Gasteiger partial charge in [-0.1, -0.05) is 295 Å². The van der Waals surface area contributed by atoms with E-state index in [1.54, 1.807) is 0 Å². The van der Waals surface area contributed by atoms with E-state index in [1.165, 1.54) is 238 Å². The van der Waals surface area contributed by atoms with E-state index in [2.05, 4.69) is 50.4 Å². The average Bonchev–Trinajstić information content (AvgIpc) is 3.41. The van der Waals surface area contributed by atoms with Crippen molar-refractivity contribution >= 4 is 19.7 Å². The van der Waals surface area contributed by atoms with Crippen LogP contribution in [0.15, 0.2) is 36.5 Å². The summed E-state index contributed by atoms with van der Waals surface area (Å²) < 4.78 is 30.4. The summed E-state index contributed by atoms with van der Waals surface area (Å²) in [5.41, 5.74) is 0. The largest absolute Gasteiger partial charge is 0.756 e. The molecular weight excluding hydrogens is 988 g/mol. The summed E-state index contributed by atoms with van der Waals surface area (Å²) >= 11 is 0. The van der Waals surface area contributed by atoms with Crippen LogP contribution in [0.2, 0.25) is 0 Å². The Morgan fingerprint density at radius 1 is 0.449 bits per heavy atom. The van der Waals surface area contributed by atoms with E-state index in [9.17, 15) is 19.0 Å². The number of hydrogen-bond donors (Lipinski definition) is 1. The standard InChI is InChI=1S/C68H131N2O7P/c1-7-10-13-16-19-22-25-27-29-30-31-32-33-34-35-36-37-38-39-40-41-42-45-48-51-54-57-60-67(71)69-65(64-76-78(73,74)75-63-62-70(4,5)6)66(59-56-53-50-47-44-24-21-18-15-12-9-3)77-68(72)61-58-55-52-49-46-43-28-26-23-20-17-14-11-8-2/h19,22,27,29,56,59,65-66H,7-18,20-21,23-26,28,30-55,57-58,60-64H2,1-6H3,(H-,69,71,73,74)/b22-19-,29-27-,59-56-. The molecule has 0 aliphatic rings. The average molecular weight is 1120 g/mol. The van der Waals surface area contributed by atoms with E-state index < -0.39 is 20.0 Å². The van der Waals surface area contributed by atoms with Crippen molar-refractivity contribution in [1.82, 2.24) is 5.32 Å². The number of nitrogens with one attached hydrogen (secondary N) is 1. The first-order valence-electron chi connectivity index (χ1n) is 33.8. The lowest BCUT2D eigenvalue weighted by molar-refractivity contribution is -0.870. The predicted molar refractivity (Wildman–Crippen MR) is 335 cm³/mol. The minimum Gasteiger partial charge on any atom is -0.756 e. The summed E-state index contributed by atoms with van der Waals surface area (Å²) in [7, 11) is 1.20. The summed E-state index contributed by atoms with van der Waals surface area (Å²) in [6, 6.07) is -0.883. The summed E-state index contributed by atoms with van der Waals surface area (Å²) in [6.45, 7) is 6.86. The van der Waals surface area contributed by atoms with Crippen molar-refractivity contribution < 1.29 is 37.3 Å². The number of phosphoric ester groups is 1. The first-order chi connectivity index (χ1) is 37.9. The zero-order valence-electron chi connectivity index (χ0n) is 52.6. The Balaban J connectivity index is 4.94. The van der Waals surface area contributed by atoms with Crippen LogP contribution in [-0.2, 0) is 27.9 Å². The molecule has 3 unspecified atom stereocenters.